The molecule has 3 aliphatic carbocycles. The predicted molar refractivity (Wildman–Crippen MR) is 93.0 cm³/mol. The van der Waals surface area contributed by atoms with Crippen LogP contribution in [0.5, 0.6) is 0 Å². The van der Waals surface area contributed by atoms with Crippen molar-refractivity contribution in [3.63, 3.8) is 0 Å². The third kappa shape index (κ3) is 3.85. The fraction of sp³-hybridized carbons (Fsp3) is 0.895. The molecule has 4 aliphatic rings. The van der Waals surface area contributed by atoms with Crippen LogP contribution in [0.3, 0.4) is 0 Å². The lowest BCUT2D eigenvalue weighted by atomic mass is 9.84. The summed E-state index contributed by atoms with van der Waals surface area (Å²) in [5.74, 6) is 1.92. The summed E-state index contributed by atoms with van der Waals surface area (Å²) < 4.78 is 11.4. The van der Waals surface area contributed by atoms with Crippen molar-refractivity contribution in [1.82, 2.24) is 5.32 Å². The molecule has 4 unspecified atom stereocenters. The van der Waals surface area contributed by atoms with Crippen molar-refractivity contribution in [2.75, 3.05) is 19.8 Å². The van der Waals surface area contributed by atoms with Crippen LogP contribution in [0.4, 0.5) is 0 Å². The summed E-state index contributed by atoms with van der Waals surface area (Å²) in [6, 6.07) is 0.241. The van der Waals surface area contributed by atoms with Crippen LogP contribution in [0.15, 0.2) is 5.16 Å². The number of ether oxygens (including phenoxy) is 2. The van der Waals surface area contributed by atoms with E-state index in [1.165, 1.54) is 25.7 Å². The van der Waals surface area contributed by atoms with Crippen LogP contribution in [0.25, 0.3) is 0 Å². The second kappa shape index (κ2) is 7.23. The van der Waals surface area contributed by atoms with Crippen molar-refractivity contribution < 1.29 is 19.1 Å². The van der Waals surface area contributed by atoms with Crippen molar-refractivity contribution in [1.29, 1.82) is 0 Å². The van der Waals surface area contributed by atoms with Gasteiger partial charge < -0.3 is 19.6 Å². The lowest BCUT2D eigenvalue weighted by Crippen LogP contribution is -2.41. The molecule has 25 heavy (non-hydrogen) atoms. The average molecular weight is 350 g/mol. The zero-order valence-electron chi connectivity index (χ0n) is 15.2. The molecule has 140 valence electrons. The van der Waals surface area contributed by atoms with Gasteiger partial charge in [-0.3, -0.25) is 4.79 Å². The smallest absolute Gasteiger partial charge is 0.260 e. The maximum absolute atomic E-state index is 12.1. The quantitative estimate of drug-likeness (QED) is 0.774. The number of hydrogen-bond acceptors (Lipinski definition) is 5. The van der Waals surface area contributed by atoms with Gasteiger partial charge in [-0.1, -0.05) is 11.6 Å². The first kappa shape index (κ1) is 17.3. The van der Waals surface area contributed by atoms with E-state index in [4.69, 9.17) is 14.3 Å². The molecule has 1 amide bonds. The van der Waals surface area contributed by atoms with Gasteiger partial charge in [0.25, 0.3) is 5.91 Å². The minimum atomic E-state index is -0.382. The summed E-state index contributed by atoms with van der Waals surface area (Å²) >= 11 is 0. The number of carbonyl (C=O) groups is 1. The molecule has 0 aromatic carbocycles. The first-order valence-electron chi connectivity index (χ1n) is 9.88. The largest absolute Gasteiger partial charge is 0.386 e. The summed E-state index contributed by atoms with van der Waals surface area (Å²) in [6.45, 7) is 3.51. The van der Waals surface area contributed by atoms with Crippen LogP contribution >= 0.6 is 0 Å². The van der Waals surface area contributed by atoms with Crippen molar-refractivity contribution in [2.45, 2.75) is 70.1 Å². The van der Waals surface area contributed by atoms with Crippen molar-refractivity contribution >= 4 is 11.6 Å². The molecule has 1 saturated heterocycles. The van der Waals surface area contributed by atoms with Gasteiger partial charge in [-0.25, -0.2) is 0 Å². The lowest BCUT2D eigenvalue weighted by Gasteiger charge is -2.31. The van der Waals surface area contributed by atoms with Crippen molar-refractivity contribution in [3.8, 4) is 0 Å². The molecule has 4 fully saturated rings. The number of amides is 1. The summed E-state index contributed by atoms with van der Waals surface area (Å²) in [4.78, 5) is 17.4. The molecule has 1 heterocycles. The Morgan fingerprint density at radius 1 is 1.28 bits per heavy atom. The van der Waals surface area contributed by atoms with Crippen LogP contribution in [0, 0.1) is 17.8 Å². The fourth-order valence-electron chi connectivity index (χ4n) is 5.29. The fourth-order valence-corrected chi connectivity index (χ4v) is 5.29. The van der Waals surface area contributed by atoms with E-state index in [2.05, 4.69) is 17.4 Å². The summed E-state index contributed by atoms with van der Waals surface area (Å²) in [5.41, 5.74) is 0.999. The van der Waals surface area contributed by atoms with Gasteiger partial charge in [0.1, 0.15) is 0 Å². The highest BCUT2D eigenvalue weighted by Crippen LogP contribution is 2.49. The molecular weight excluding hydrogens is 320 g/mol. The standard InChI is InChI=1S/C19H30N2O4/c1-13(17-11-14-2-3-15(17)10-14)20-18(22)12-25-21-16-4-6-19(7-5-16)23-8-9-24-19/h13-15,17H,2-12H2,1H3,(H,20,22). The van der Waals surface area contributed by atoms with E-state index in [0.29, 0.717) is 19.1 Å². The molecule has 6 nitrogen and oxygen atoms in total. The molecule has 3 saturated carbocycles. The van der Waals surface area contributed by atoms with E-state index in [1.54, 1.807) is 0 Å². The molecule has 2 bridgehead atoms. The van der Waals surface area contributed by atoms with Crippen LogP contribution in [-0.4, -0.2) is 43.3 Å². The molecule has 0 radical (unpaired) electrons. The van der Waals surface area contributed by atoms with E-state index < -0.39 is 0 Å². The minimum Gasteiger partial charge on any atom is -0.386 e. The van der Waals surface area contributed by atoms with Gasteiger partial charge in [0.15, 0.2) is 12.4 Å². The van der Waals surface area contributed by atoms with E-state index >= 15 is 0 Å². The number of oxime groups is 1. The number of carbonyl (C=O) groups excluding carboxylic acids is 1. The molecule has 6 heteroatoms. The van der Waals surface area contributed by atoms with Gasteiger partial charge in [0.05, 0.1) is 18.9 Å². The zero-order chi connectivity index (χ0) is 17.3. The number of fused-ring (bicyclic) bond motifs is 2. The Morgan fingerprint density at radius 2 is 2.04 bits per heavy atom. The number of hydrogen-bond donors (Lipinski definition) is 1. The highest BCUT2D eigenvalue weighted by molar-refractivity contribution is 5.85. The van der Waals surface area contributed by atoms with Crippen LogP contribution in [0.1, 0.15) is 58.3 Å². The molecule has 0 aromatic rings. The number of nitrogens with one attached hydrogen (secondary N) is 1. The zero-order valence-corrected chi connectivity index (χ0v) is 15.2. The Kier molecular flexibility index (Phi) is 5.00. The Balaban J connectivity index is 1.16. The van der Waals surface area contributed by atoms with E-state index in [9.17, 15) is 4.79 Å². The molecule has 1 aliphatic heterocycles. The normalized spacial score (nSPS) is 34.3. The molecule has 4 atom stereocenters. The third-order valence-electron chi connectivity index (χ3n) is 6.62. The number of nitrogens with zero attached hydrogens (tertiary/aromatic N) is 1. The molecule has 1 N–H and O–H groups in total. The Morgan fingerprint density at radius 3 is 2.68 bits per heavy atom. The van der Waals surface area contributed by atoms with Gasteiger partial charge in [0, 0.05) is 18.9 Å². The second-order valence-electron chi connectivity index (χ2n) is 8.23. The van der Waals surface area contributed by atoms with Gasteiger partial charge in [0.2, 0.25) is 0 Å². The maximum atomic E-state index is 12.1. The lowest BCUT2D eigenvalue weighted by molar-refractivity contribution is -0.168. The van der Waals surface area contributed by atoms with E-state index in [-0.39, 0.29) is 24.3 Å². The van der Waals surface area contributed by atoms with E-state index in [0.717, 1.165) is 43.2 Å². The second-order valence-corrected chi connectivity index (χ2v) is 8.23. The Bertz CT molecular complexity index is 518. The SMILES string of the molecule is CC(NC(=O)CON=C1CCC2(CC1)OCCO2)C1CC2CCC1C2. The van der Waals surface area contributed by atoms with Gasteiger partial charge >= 0.3 is 0 Å². The summed E-state index contributed by atoms with van der Waals surface area (Å²) in [7, 11) is 0. The van der Waals surface area contributed by atoms with Crippen LogP contribution < -0.4 is 5.32 Å². The first-order chi connectivity index (χ1) is 12.1. The Labute approximate surface area is 149 Å². The average Bonchev–Trinajstić information content (AvgIpc) is 3.34. The third-order valence-corrected chi connectivity index (χ3v) is 6.62. The first-order valence-corrected chi connectivity index (χ1v) is 9.88. The Hall–Kier alpha value is -1.14. The van der Waals surface area contributed by atoms with Crippen LogP contribution in [-0.2, 0) is 19.1 Å². The van der Waals surface area contributed by atoms with Crippen LogP contribution in [0.2, 0.25) is 0 Å². The monoisotopic (exact) mass is 350 g/mol. The minimum absolute atomic E-state index is 0.00674. The summed E-state index contributed by atoms with van der Waals surface area (Å²) in [6.07, 6.45) is 8.64. The van der Waals surface area contributed by atoms with Gasteiger partial charge in [-0.05, 0) is 56.8 Å². The van der Waals surface area contributed by atoms with Gasteiger partial charge in [-0.2, -0.15) is 0 Å². The van der Waals surface area contributed by atoms with Crippen molar-refractivity contribution in [2.24, 2.45) is 22.9 Å². The van der Waals surface area contributed by atoms with Crippen molar-refractivity contribution in [3.05, 3.63) is 0 Å². The molecule has 4 rings (SSSR count). The highest BCUT2D eigenvalue weighted by atomic mass is 16.7. The predicted octanol–water partition coefficient (Wildman–Crippen LogP) is 2.62. The topological polar surface area (TPSA) is 69.2 Å². The van der Waals surface area contributed by atoms with E-state index in [1.807, 2.05) is 0 Å². The molecular formula is C19H30N2O4. The summed E-state index contributed by atoms with van der Waals surface area (Å²) in [5, 5.41) is 7.28. The molecule has 1 spiro atoms. The van der Waals surface area contributed by atoms with Gasteiger partial charge in [-0.15, -0.1) is 0 Å². The molecule has 0 aromatic heterocycles. The highest BCUT2D eigenvalue weighted by Gasteiger charge is 2.42. The number of rotatable bonds is 5. The maximum Gasteiger partial charge on any atom is 0.260 e.